The molecule has 0 radical (unpaired) electrons. The Morgan fingerprint density at radius 2 is 1.69 bits per heavy atom. The zero-order valence-electron chi connectivity index (χ0n) is 8.79. The lowest BCUT2D eigenvalue weighted by Crippen LogP contribution is -1.97. The van der Waals surface area contributed by atoms with Crippen LogP contribution in [0.5, 0.6) is 0 Å². The summed E-state index contributed by atoms with van der Waals surface area (Å²) < 4.78 is 21.8. The number of sulfone groups is 1. The zero-order valence-corrected chi connectivity index (χ0v) is 9.61. The summed E-state index contributed by atoms with van der Waals surface area (Å²) in [5, 5.41) is 0. The maximum atomic E-state index is 10.9. The second-order valence-corrected chi connectivity index (χ2v) is 4.39. The van der Waals surface area contributed by atoms with Crippen LogP contribution in [0.1, 0.15) is 20.8 Å². The van der Waals surface area contributed by atoms with Gasteiger partial charge in [0.2, 0.25) is 0 Å². The molecule has 0 saturated carbocycles. The molecule has 0 fully saturated rings. The summed E-state index contributed by atoms with van der Waals surface area (Å²) in [7, 11) is -3.13. The molecule has 0 atom stereocenters. The maximum absolute atomic E-state index is 10.9. The van der Waals surface area contributed by atoms with E-state index in [-0.39, 0.29) is 4.91 Å². The highest BCUT2D eigenvalue weighted by atomic mass is 32.2. The minimum absolute atomic E-state index is 0.213. The molecule has 0 spiro atoms. The van der Waals surface area contributed by atoms with Crippen LogP contribution in [0.2, 0.25) is 0 Å². The Morgan fingerprint density at radius 3 is 1.77 bits per heavy atom. The third-order valence-electron chi connectivity index (χ3n) is 1.02. The molecule has 0 aromatic heterocycles. The van der Waals surface area contributed by atoms with E-state index in [1.807, 2.05) is 13.8 Å². The Bertz CT molecular complexity index is 295. The van der Waals surface area contributed by atoms with Crippen molar-refractivity contribution >= 4 is 9.84 Å². The molecule has 2 nitrogen and oxygen atoms in total. The average Bonchev–Trinajstić information content (AvgIpc) is 2.01. The molecule has 0 unspecified atom stereocenters. The molecule has 0 N–H and O–H groups in total. The van der Waals surface area contributed by atoms with Crippen LogP contribution in [0.25, 0.3) is 0 Å². The van der Waals surface area contributed by atoms with Gasteiger partial charge in [0, 0.05) is 6.26 Å². The summed E-state index contributed by atoms with van der Waals surface area (Å²) in [5.41, 5.74) is 0.699. The molecule has 0 aliphatic rings. The van der Waals surface area contributed by atoms with E-state index in [0.29, 0.717) is 5.57 Å². The van der Waals surface area contributed by atoms with Crippen molar-refractivity contribution in [3.05, 3.63) is 35.8 Å². The van der Waals surface area contributed by atoms with Gasteiger partial charge in [-0.3, -0.25) is 0 Å². The lowest BCUT2D eigenvalue weighted by Gasteiger charge is -1.96. The predicted octanol–water partition coefficient (Wildman–Crippen LogP) is 2.70. The lowest BCUT2D eigenvalue weighted by atomic mass is 10.3. The highest BCUT2D eigenvalue weighted by Gasteiger charge is 2.05. The molecule has 0 heterocycles. The first-order valence-electron chi connectivity index (χ1n) is 4.07. The Labute approximate surface area is 81.6 Å². The van der Waals surface area contributed by atoms with E-state index < -0.39 is 9.84 Å². The van der Waals surface area contributed by atoms with Crippen LogP contribution < -0.4 is 0 Å². The Balaban J connectivity index is 0. The van der Waals surface area contributed by atoms with Crippen molar-refractivity contribution in [2.24, 2.45) is 0 Å². The van der Waals surface area contributed by atoms with Gasteiger partial charge in [-0.15, -0.1) is 0 Å². The van der Waals surface area contributed by atoms with Gasteiger partial charge in [-0.05, 0) is 13.0 Å². The van der Waals surface area contributed by atoms with Crippen LogP contribution >= 0.6 is 0 Å². The van der Waals surface area contributed by atoms with Crippen LogP contribution in [0, 0.1) is 0 Å². The molecular weight excluding hydrogens is 184 g/mol. The van der Waals surface area contributed by atoms with Gasteiger partial charge >= 0.3 is 0 Å². The molecule has 3 heteroatoms. The molecule has 0 aliphatic heterocycles. The van der Waals surface area contributed by atoms with Gasteiger partial charge in [0.15, 0.2) is 9.84 Å². The van der Waals surface area contributed by atoms with E-state index in [1.165, 1.54) is 12.2 Å². The number of allylic oxidation sites excluding steroid dienone is 3. The Hall–Kier alpha value is -0.830. The van der Waals surface area contributed by atoms with Crippen LogP contribution in [0.3, 0.4) is 0 Å². The van der Waals surface area contributed by atoms with Gasteiger partial charge in [-0.2, -0.15) is 0 Å². The van der Waals surface area contributed by atoms with Crippen molar-refractivity contribution < 1.29 is 8.42 Å². The molecule has 0 aromatic carbocycles. The van der Waals surface area contributed by atoms with Gasteiger partial charge < -0.3 is 0 Å². The van der Waals surface area contributed by atoms with E-state index in [4.69, 9.17) is 0 Å². The summed E-state index contributed by atoms with van der Waals surface area (Å²) in [5.74, 6) is 0. The molecule has 0 bridgehead atoms. The first-order chi connectivity index (χ1) is 5.88. The second kappa shape index (κ2) is 6.66. The fourth-order valence-corrected chi connectivity index (χ4v) is 1.28. The molecule has 0 aromatic rings. The summed E-state index contributed by atoms with van der Waals surface area (Å²) in [4.78, 5) is 0.213. The predicted molar refractivity (Wildman–Crippen MR) is 59.3 cm³/mol. The van der Waals surface area contributed by atoms with Crippen molar-refractivity contribution in [3.8, 4) is 0 Å². The maximum Gasteiger partial charge on any atom is 0.175 e. The summed E-state index contributed by atoms with van der Waals surface area (Å²) in [6.45, 7) is 12.7. The monoisotopic (exact) mass is 202 g/mol. The Kier molecular flexibility index (Phi) is 7.52. The number of hydrogen-bond acceptors (Lipinski definition) is 2. The van der Waals surface area contributed by atoms with Gasteiger partial charge in [0.25, 0.3) is 0 Å². The molecule has 0 saturated heterocycles. The van der Waals surface area contributed by atoms with E-state index in [9.17, 15) is 8.42 Å². The van der Waals surface area contributed by atoms with Gasteiger partial charge in [-0.25, -0.2) is 8.42 Å². The van der Waals surface area contributed by atoms with Crippen LogP contribution in [0.4, 0.5) is 0 Å². The summed E-state index contributed by atoms with van der Waals surface area (Å²) in [6.07, 6.45) is 3.94. The normalized spacial score (nSPS) is 11.2. The highest BCUT2D eigenvalue weighted by Crippen LogP contribution is 2.07. The molecule has 0 amide bonds. The largest absolute Gasteiger partial charge is 0.224 e. The SMILES string of the molecule is C=C/C(=C\C(=C)C)S(C)(=O)=O.CC. The van der Waals surface area contributed by atoms with Crippen molar-refractivity contribution in [2.45, 2.75) is 20.8 Å². The first kappa shape index (κ1) is 14.7. The zero-order chi connectivity index (χ0) is 11.1. The Morgan fingerprint density at radius 1 is 1.31 bits per heavy atom. The minimum Gasteiger partial charge on any atom is -0.224 e. The second-order valence-electron chi connectivity index (χ2n) is 2.37. The fourth-order valence-electron chi connectivity index (χ4n) is 0.560. The standard InChI is InChI=1S/C8H12O2S.C2H6/c1-5-8(6-7(2)3)11(4,9)10;1-2/h5-6H,1-2H2,3-4H3;1-2H3/b8-6+;. The van der Waals surface area contributed by atoms with Crippen LogP contribution in [-0.2, 0) is 9.84 Å². The van der Waals surface area contributed by atoms with Crippen molar-refractivity contribution in [1.82, 2.24) is 0 Å². The quantitative estimate of drug-likeness (QED) is 0.659. The number of rotatable bonds is 3. The van der Waals surface area contributed by atoms with Gasteiger partial charge in [0.1, 0.15) is 0 Å². The lowest BCUT2D eigenvalue weighted by molar-refractivity contribution is 0.608. The van der Waals surface area contributed by atoms with E-state index >= 15 is 0 Å². The smallest absolute Gasteiger partial charge is 0.175 e. The summed E-state index contributed by atoms with van der Waals surface area (Å²) >= 11 is 0. The molecular formula is C10H18O2S. The fraction of sp³-hybridized carbons (Fsp3) is 0.400. The summed E-state index contributed by atoms with van der Waals surface area (Å²) in [6, 6.07) is 0. The van der Waals surface area contributed by atoms with Crippen LogP contribution in [0.15, 0.2) is 35.8 Å². The first-order valence-corrected chi connectivity index (χ1v) is 5.96. The topological polar surface area (TPSA) is 34.1 Å². The minimum atomic E-state index is -3.13. The van der Waals surface area contributed by atoms with E-state index in [0.717, 1.165) is 6.26 Å². The average molecular weight is 202 g/mol. The molecule has 13 heavy (non-hydrogen) atoms. The van der Waals surface area contributed by atoms with Crippen molar-refractivity contribution in [1.29, 1.82) is 0 Å². The third-order valence-corrected chi connectivity index (χ3v) is 2.16. The van der Waals surface area contributed by atoms with Crippen molar-refractivity contribution in [2.75, 3.05) is 6.26 Å². The van der Waals surface area contributed by atoms with Gasteiger partial charge in [-0.1, -0.05) is 38.7 Å². The number of hydrogen-bond donors (Lipinski definition) is 0. The highest BCUT2D eigenvalue weighted by molar-refractivity contribution is 7.94. The molecule has 76 valence electrons. The molecule has 0 rings (SSSR count). The molecule has 0 aliphatic carbocycles. The van der Waals surface area contributed by atoms with Gasteiger partial charge in [0.05, 0.1) is 4.91 Å². The third kappa shape index (κ3) is 7.53. The van der Waals surface area contributed by atoms with E-state index in [1.54, 1.807) is 6.92 Å². The van der Waals surface area contributed by atoms with Crippen LogP contribution in [-0.4, -0.2) is 14.7 Å². The van der Waals surface area contributed by atoms with E-state index in [2.05, 4.69) is 13.2 Å². The van der Waals surface area contributed by atoms with Crippen molar-refractivity contribution in [3.63, 3.8) is 0 Å².